The maximum Gasteiger partial charge on any atom is 0.0708 e. The molecule has 1 aromatic heterocycles. The third-order valence-corrected chi connectivity index (χ3v) is 3.30. The van der Waals surface area contributed by atoms with Crippen LogP contribution in [-0.2, 0) is 0 Å². The van der Waals surface area contributed by atoms with Gasteiger partial charge in [0.15, 0.2) is 0 Å². The van der Waals surface area contributed by atoms with Crippen LogP contribution in [0, 0.1) is 13.8 Å². The minimum atomic E-state index is 1.04. The molecule has 0 aliphatic heterocycles. The molecule has 0 saturated heterocycles. The van der Waals surface area contributed by atoms with Crippen molar-refractivity contribution >= 4 is 15.9 Å². The molecule has 0 aliphatic carbocycles. The van der Waals surface area contributed by atoms with Crippen molar-refractivity contribution < 1.29 is 0 Å². The highest BCUT2D eigenvalue weighted by atomic mass is 79.9. The Morgan fingerprint density at radius 1 is 1.07 bits per heavy atom. The summed E-state index contributed by atoms with van der Waals surface area (Å²) in [7, 11) is 0. The number of pyridine rings is 1. The Balaban J connectivity index is 2.55. The first-order valence-electron chi connectivity index (χ1n) is 4.86. The molecule has 0 fully saturated rings. The highest BCUT2D eigenvalue weighted by Crippen LogP contribution is 2.24. The van der Waals surface area contributed by atoms with E-state index in [0.29, 0.717) is 0 Å². The van der Waals surface area contributed by atoms with Gasteiger partial charge in [0.05, 0.1) is 5.69 Å². The highest BCUT2D eigenvalue weighted by molar-refractivity contribution is 9.10. The van der Waals surface area contributed by atoms with Gasteiger partial charge in [0.1, 0.15) is 0 Å². The molecule has 2 heteroatoms. The second-order valence-electron chi connectivity index (χ2n) is 3.63. The van der Waals surface area contributed by atoms with Crippen LogP contribution in [0.15, 0.2) is 41.0 Å². The summed E-state index contributed by atoms with van der Waals surface area (Å²) in [5.41, 5.74) is 4.71. The molecule has 0 N–H and O–H groups in total. The first-order chi connectivity index (χ1) is 7.18. The monoisotopic (exact) mass is 261 g/mol. The number of hydrogen-bond acceptors (Lipinski definition) is 1. The van der Waals surface area contributed by atoms with Crippen LogP contribution in [0.5, 0.6) is 0 Å². The zero-order chi connectivity index (χ0) is 10.8. The summed E-state index contributed by atoms with van der Waals surface area (Å²) in [5.74, 6) is 0. The van der Waals surface area contributed by atoms with Crippen molar-refractivity contribution in [2.45, 2.75) is 13.8 Å². The Hall–Kier alpha value is -1.15. The molecule has 76 valence electrons. The SMILES string of the molecule is Cc1cc(-c2ccccc2C)ncc1Br. The molecule has 2 rings (SSSR count). The highest BCUT2D eigenvalue weighted by Gasteiger charge is 2.03. The molecule has 2 aromatic rings. The van der Waals surface area contributed by atoms with Crippen LogP contribution in [0.1, 0.15) is 11.1 Å². The van der Waals surface area contributed by atoms with Crippen molar-refractivity contribution in [3.8, 4) is 11.3 Å². The largest absolute Gasteiger partial charge is 0.255 e. The van der Waals surface area contributed by atoms with Crippen LogP contribution >= 0.6 is 15.9 Å². The Morgan fingerprint density at radius 2 is 1.80 bits per heavy atom. The van der Waals surface area contributed by atoms with Crippen molar-refractivity contribution in [3.63, 3.8) is 0 Å². The molecular weight excluding hydrogens is 250 g/mol. The molecule has 1 heterocycles. The zero-order valence-electron chi connectivity index (χ0n) is 8.79. The maximum atomic E-state index is 4.42. The number of benzene rings is 1. The lowest BCUT2D eigenvalue weighted by Gasteiger charge is -2.06. The van der Waals surface area contributed by atoms with Gasteiger partial charge in [-0.1, -0.05) is 24.3 Å². The molecule has 0 aliphatic rings. The Morgan fingerprint density at radius 3 is 2.47 bits per heavy atom. The van der Waals surface area contributed by atoms with Crippen molar-refractivity contribution in [1.82, 2.24) is 4.98 Å². The van der Waals surface area contributed by atoms with E-state index < -0.39 is 0 Å². The summed E-state index contributed by atoms with van der Waals surface area (Å²) < 4.78 is 1.06. The summed E-state index contributed by atoms with van der Waals surface area (Å²) in [5, 5.41) is 0. The van der Waals surface area contributed by atoms with Gasteiger partial charge >= 0.3 is 0 Å². The lowest BCUT2D eigenvalue weighted by Crippen LogP contribution is -1.88. The van der Waals surface area contributed by atoms with Crippen molar-refractivity contribution in [2.75, 3.05) is 0 Å². The zero-order valence-corrected chi connectivity index (χ0v) is 10.4. The molecule has 0 spiro atoms. The van der Waals surface area contributed by atoms with E-state index in [1.165, 1.54) is 16.7 Å². The molecule has 0 bridgehead atoms. The van der Waals surface area contributed by atoms with Crippen LogP contribution < -0.4 is 0 Å². The number of rotatable bonds is 1. The van der Waals surface area contributed by atoms with E-state index in [9.17, 15) is 0 Å². The van der Waals surface area contributed by atoms with E-state index >= 15 is 0 Å². The van der Waals surface area contributed by atoms with Gasteiger partial charge < -0.3 is 0 Å². The van der Waals surface area contributed by atoms with Gasteiger partial charge in [-0.2, -0.15) is 0 Å². The Bertz CT molecular complexity index is 492. The number of aromatic nitrogens is 1. The summed E-state index contributed by atoms with van der Waals surface area (Å²) >= 11 is 3.46. The lowest BCUT2D eigenvalue weighted by atomic mass is 10.0. The predicted molar refractivity (Wildman–Crippen MR) is 66.8 cm³/mol. The van der Waals surface area contributed by atoms with Gasteiger partial charge in [-0.05, 0) is 47.0 Å². The van der Waals surface area contributed by atoms with E-state index in [1.54, 1.807) is 0 Å². The first-order valence-corrected chi connectivity index (χ1v) is 5.66. The number of aryl methyl sites for hydroxylation is 2. The molecular formula is C13H12BrN. The third-order valence-electron chi connectivity index (χ3n) is 2.47. The number of nitrogens with zero attached hydrogens (tertiary/aromatic N) is 1. The van der Waals surface area contributed by atoms with E-state index in [4.69, 9.17) is 0 Å². The van der Waals surface area contributed by atoms with E-state index in [0.717, 1.165) is 10.2 Å². The predicted octanol–water partition coefficient (Wildman–Crippen LogP) is 4.13. The van der Waals surface area contributed by atoms with Crippen molar-refractivity contribution in [3.05, 3.63) is 52.1 Å². The summed E-state index contributed by atoms with van der Waals surface area (Å²) in [6.45, 7) is 4.18. The molecule has 0 saturated carbocycles. The first kappa shape index (κ1) is 10.4. The molecule has 0 radical (unpaired) electrons. The van der Waals surface area contributed by atoms with Gasteiger partial charge in [-0.25, -0.2) is 0 Å². The Labute approximate surface area is 98.3 Å². The van der Waals surface area contributed by atoms with Gasteiger partial charge in [0, 0.05) is 16.2 Å². The second-order valence-corrected chi connectivity index (χ2v) is 4.49. The lowest BCUT2D eigenvalue weighted by molar-refractivity contribution is 1.25. The molecule has 0 atom stereocenters. The van der Waals surface area contributed by atoms with Gasteiger partial charge in [0.2, 0.25) is 0 Å². The van der Waals surface area contributed by atoms with Gasteiger partial charge in [0.25, 0.3) is 0 Å². The minimum absolute atomic E-state index is 1.04. The topological polar surface area (TPSA) is 12.9 Å². The van der Waals surface area contributed by atoms with Crippen LogP contribution in [0.2, 0.25) is 0 Å². The molecule has 0 unspecified atom stereocenters. The van der Waals surface area contributed by atoms with Crippen LogP contribution in [-0.4, -0.2) is 4.98 Å². The fraction of sp³-hybridized carbons (Fsp3) is 0.154. The molecule has 1 nitrogen and oxygen atoms in total. The molecule has 1 aromatic carbocycles. The minimum Gasteiger partial charge on any atom is -0.255 e. The number of hydrogen-bond donors (Lipinski definition) is 0. The second kappa shape index (κ2) is 4.15. The van der Waals surface area contributed by atoms with E-state index in [1.807, 2.05) is 18.3 Å². The maximum absolute atomic E-state index is 4.42. The fourth-order valence-electron chi connectivity index (χ4n) is 1.55. The van der Waals surface area contributed by atoms with Crippen LogP contribution in [0.4, 0.5) is 0 Å². The molecule has 15 heavy (non-hydrogen) atoms. The van der Waals surface area contributed by atoms with Gasteiger partial charge in [-0.15, -0.1) is 0 Å². The number of halogens is 1. The van der Waals surface area contributed by atoms with Crippen LogP contribution in [0.25, 0.3) is 11.3 Å². The fourth-order valence-corrected chi connectivity index (χ4v) is 1.76. The van der Waals surface area contributed by atoms with E-state index in [2.05, 4.69) is 53.0 Å². The van der Waals surface area contributed by atoms with Crippen LogP contribution in [0.3, 0.4) is 0 Å². The normalized spacial score (nSPS) is 10.3. The summed E-state index contributed by atoms with van der Waals surface area (Å²) in [6.07, 6.45) is 1.86. The summed E-state index contributed by atoms with van der Waals surface area (Å²) in [4.78, 5) is 4.42. The standard InChI is InChI=1S/C13H12BrN/c1-9-5-3-4-6-11(9)13-7-10(2)12(14)8-15-13/h3-8H,1-2H3. The third kappa shape index (κ3) is 2.10. The molecule has 0 amide bonds. The smallest absolute Gasteiger partial charge is 0.0708 e. The Kier molecular flexibility index (Phi) is 2.87. The average Bonchev–Trinajstić information content (AvgIpc) is 2.23. The summed E-state index contributed by atoms with van der Waals surface area (Å²) in [6, 6.07) is 10.4. The average molecular weight is 262 g/mol. The van der Waals surface area contributed by atoms with Crippen molar-refractivity contribution in [1.29, 1.82) is 0 Å². The van der Waals surface area contributed by atoms with E-state index in [-0.39, 0.29) is 0 Å². The quantitative estimate of drug-likeness (QED) is 0.753. The van der Waals surface area contributed by atoms with Crippen molar-refractivity contribution in [2.24, 2.45) is 0 Å². The van der Waals surface area contributed by atoms with Gasteiger partial charge in [-0.3, -0.25) is 4.98 Å².